The highest BCUT2D eigenvalue weighted by Gasteiger charge is 1.92. The predicted octanol–water partition coefficient (Wildman–Crippen LogP) is 3.95. The van der Waals surface area contributed by atoms with Gasteiger partial charge in [-0.3, -0.25) is 0 Å². The van der Waals surface area contributed by atoms with Crippen molar-refractivity contribution >= 4 is 17.6 Å². The van der Waals surface area contributed by atoms with Gasteiger partial charge in [0.2, 0.25) is 0 Å². The molecule has 0 atom stereocenters. The van der Waals surface area contributed by atoms with Gasteiger partial charge >= 0.3 is 0 Å². The first-order chi connectivity index (χ1) is 7.45. The standard InChI is InChI=1S/C13H13NS/c1-3-7-12(8-4-1)11-15-14-13-9-5-2-6-10-13/h1-10,14H,11H2. The largest absolute Gasteiger partial charge is 0.329 e. The highest BCUT2D eigenvalue weighted by Crippen LogP contribution is 2.15. The van der Waals surface area contributed by atoms with Crippen LogP contribution in [-0.4, -0.2) is 0 Å². The molecule has 2 aromatic rings. The second-order valence-electron chi connectivity index (χ2n) is 3.24. The van der Waals surface area contributed by atoms with Crippen LogP contribution < -0.4 is 4.72 Å². The molecule has 0 aliphatic rings. The molecular formula is C13H13NS. The number of hydrogen-bond donors (Lipinski definition) is 1. The van der Waals surface area contributed by atoms with Gasteiger partial charge in [0.15, 0.2) is 0 Å². The van der Waals surface area contributed by atoms with Gasteiger partial charge in [0.1, 0.15) is 0 Å². The molecule has 0 amide bonds. The summed E-state index contributed by atoms with van der Waals surface area (Å²) in [6.07, 6.45) is 0. The third-order valence-electron chi connectivity index (χ3n) is 2.05. The van der Waals surface area contributed by atoms with Crippen LogP contribution in [0, 0.1) is 0 Å². The van der Waals surface area contributed by atoms with Crippen molar-refractivity contribution in [1.82, 2.24) is 0 Å². The van der Waals surface area contributed by atoms with E-state index in [4.69, 9.17) is 0 Å². The fraction of sp³-hybridized carbons (Fsp3) is 0.0769. The van der Waals surface area contributed by atoms with Crippen molar-refractivity contribution in [2.45, 2.75) is 5.75 Å². The summed E-state index contributed by atoms with van der Waals surface area (Å²) in [4.78, 5) is 0. The zero-order valence-corrected chi connectivity index (χ0v) is 9.21. The summed E-state index contributed by atoms with van der Waals surface area (Å²) in [5.74, 6) is 0.982. The molecule has 2 rings (SSSR count). The van der Waals surface area contributed by atoms with Crippen molar-refractivity contribution < 1.29 is 0 Å². The zero-order chi connectivity index (χ0) is 10.3. The Labute approximate surface area is 94.7 Å². The molecule has 76 valence electrons. The lowest BCUT2D eigenvalue weighted by atomic mass is 10.2. The van der Waals surface area contributed by atoms with E-state index in [9.17, 15) is 0 Å². The Kier molecular flexibility index (Phi) is 3.69. The highest BCUT2D eigenvalue weighted by molar-refractivity contribution is 7.99. The average molecular weight is 215 g/mol. The maximum Gasteiger partial charge on any atom is 0.0440 e. The normalized spacial score (nSPS) is 9.87. The molecule has 0 fully saturated rings. The van der Waals surface area contributed by atoms with E-state index in [2.05, 4.69) is 41.1 Å². The van der Waals surface area contributed by atoms with Crippen molar-refractivity contribution in [3.8, 4) is 0 Å². The quantitative estimate of drug-likeness (QED) is 0.775. The first-order valence-electron chi connectivity index (χ1n) is 4.92. The third kappa shape index (κ3) is 3.33. The monoisotopic (exact) mass is 215 g/mol. The van der Waals surface area contributed by atoms with Crippen LogP contribution in [0.4, 0.5) is 5.69 Å². The lowest BCUT2D eigenvalue weighted by Crippen LogP contribution is -1.87. The number of anilines is 1. The smallest absolute Gasteiger partial charge is 0.0440 e. The SMILES string of the molecule is c1ccc(CSNc2ccccc2)cc1. The minimum Gasteiger partial charge on any atom is -0.329 e. The van der Waals surface area contributed by atoms with Gasteiger partial charge in [-0.05, 0) is 29.6 Å². The summed E-state index contributed by atoms with van der Waals surface area (Å²) in [5, 5.41) is 0. The van der Waals surface area contributed by atoms with Gasteiger partial charge in [0, 0.05) is 11.4 Å². The van der Waals surface area contributed by atoms with E-state index >= 15 is 0 Å². The molecule has 1 N–H and O–H groups in total. The minimum atomic E-state index is 0.982. The molecule has 0 spiro atoms. The van der Waals surface area contributed by atoms with E-state index < -0.39 is 0 Å². The van der Waals surface area contributed by atoms with Crippen LogP contribution >= 0.6 is 11.9 Å². The third-order valence-corrected chi connectivity index (χ3v) is 2.90. The summed E-state index contributed by atoms with van der Waals surface area (Å²) in [5.41, 5.74) is 2.49. The van der Waals surface area contributed by atoms with Gasteiger partial charge in [-0.1, -0.05) is 48.5 Å². The lowest BCUT2D eigenvalue weighted by Gasteiger charge is -2.04. The van der Waals surface area contributed by atoms with E-state index in [1.807, 2.05) is 24.3 Å². The predicted molar refractivity (Wildman–Crippen MR) is 67.8 cm³/mol. The molecule has 0 aliphatic heterocycles. The van der Waals surface area contributed by atoms with Crippen molar-refractivity contribution in [2.24, 2.45) is 0 Å². The molecule has 0 aromatic heterocycles. The van der Waals surface area contributed by atoms with E-state index in [0.29, 0.717) is 0 Å². The Morgan fingerprint density at radius 1 is 0.800 bits per heavy atom. The second kappa shape index (κ2) is 5.47. The molecule has 0 saturated heterocycles. The Bertz CT molecular complexity index is 346. The summed E-state index contributed by atoms with van der Waals surface area (Å²) < 4.78 is 3.31. The van der Waals surface area contributed by atoms with Gasteiger partial charge in [-0.25, -0.2) is 0 Å². The van der Waals surface area contributed by atoms with Crippen molar-refractivity contribution in [1.29, 1.82) is 0 Å². The molecule has 1 nitrogen and oxygen atoms in total. The molecule has 0 unspecified atom stereocenters. The molecular weight excluding hydrogens is 202 g/mol. The zero-order valence-electron chi connectivity index (χ0n) is 8.39. The topological polar surface area (TPSA) is 12.0 Å². The lowest BCUT2D eigenvalue weighted by molar-refractivity contribution is 1.42. The first-order valence-corrected chi connectivity index (χ1v) is 5.90. The Morgan fingerprint density at radius 3 is 2.07 bits per heavy atom. The van der Waals surface area contributed by atoms with Gasteiger partial charge in [0.25, 0.3) is 0 Å². The number of rotatable bonds is 4. The summed E-state index contributed by atoms with van der Waals surface area (Å²) >= 11 is 1.71. The Morgan fingerprint density at radius 2 is 1.40 bits per heavy atom. The summed E-state index contributed by atoms with van der Waals surface area (Å²) in [6, 6.07) is 20.7. The Hall–Kier alpha value is -1.41. The van der Waals surface area contributed by atoms with Gasteiger partial charge < -0.3 is 4.72 Å². The van der Waals surface area contributed by atoms with E-state index in [1.165, 1.54) is 5.56 Å². The van der Waals surface area contributed by atoms with Crippen LogP contribution in [0.1, 0.15) is 5.56 Å². The minimum absolute atomic E-state index is 0.982. The average Bonchev–Trinajstić information content (AvgIpc) is 2.32. The van der Waals surface area contributed by atoms with E-state index in [-0.39, 0.29) is 0 Å². The molecule has 0 heterocycles. The van der Waals surface area contributed by atoms with Crippen LogP contribution in [0.3, 0.4) is 0 Å². The van der Waals surface area contributed by atoms with Crippen LogP contribution in [0.5, 0.6) is 0 Å². The molecule has 2 heteroatoms. The summed E-state index contributed by atoms with van der Waals surface area (Å²) in [6.45, 7) is 0. The maximum atomic E-state index is 3.31. The molecule has 0 aliphatic carbocycles. The number of para-hydroxylation sites is 1. The maximum absolute atomic E-state index is 3.31. The van der Waals surface area contributed by atoms with Crippen molar-refractivity contribution in [3.63, 3.8) is 0 Å². The molecule has 0 radical (unpaired) electrons. The van der Waals surface area contributed by atoms with Gasteiger partial charge in [-0.2, -0.15) is 0 Å². The molecule has 0 bridgehead atoms. The van der Waals surface area contributed by atoms with Crippen LogP contribution in [-0.2, 0) is 5.75 Å². The number of hydrogen-bond acceptors (Lipinski definition) is 2. The summed E-state index contributed by atoms with van der Waals surface area (Å²) in [7, 11) is 0. The van der Waals surface area contributed by atoms with E-state index in [0.717, 1.165) is 11.4 Å². The van der Waals surface area contributed by atoms with Crippen molar-refractivity contribution in [2.75, 3.05) is 4.72 Å². The van der Waals surface area contributed by atoms with E-state index in [1.54, 1.807) is 11.9 Å². The van der Waals surface area contributed by atoms with Crippen LogP contribution in [0.2, 0.25) is 0 Å². The molecule has 15 heavy (non-hydrogen) atoms. The fourth-order valence-corrected chi connectivity index (χ4v) is 2.02. The fourth-order valence-electron chi connectivity index (χ4n) is 1.28. The first kappa shape index (κ1) is 10.1. The van der Waals surface area contributed by atoms with Gasteiger partial charge in [0.05, 0.1) is 0 Å². The number of benzene rings is 2. The Balaban J connectivity index is 1.81. The number of nitrogens with one attached hydrogen (secondary N) is 1. The highest BCUT2D eigenvalue weighted by atomic mass is 32.2. The van der Waals surface area contributed by atoms with Crippen LogP contribution in [0.25, 0.3) is 0 Å². The second-order valence-corrected chi connectivity index (χ2v) is 4.02. The molecule has 0 saturated carbocycles. The van der Waals surface area contributed by atoms with Crippen LogP contribution in [0.15, 0.2) is 60.7 Å². The molecule has 2 aromatic carbocycles. The van der Waals surface area contributed by atoms with Crippen molar-refractivity contribution in [3.05, 3.63) is 66.2 Å². The van der Waals surface area contributed by atoms with Gasteiger partial charge in [-0.15, -0.1) is 0 Å².